The Morgan fingerprint density at radius 3 is 2.41 bits per heavy atom. The average molecular weight is 481 g/mol. The van der Waals surface area contributed by atoms with Crippen LogP contribution in [0.2, 0.25) is 5.02 Å². The van der Waals surface area contributed by atoms with Crippen molar-refractivity contribution >= 4 is 33.4 Å². The standard InChI is InChI=1S/C21H21ClN2O7S/c1-29-16-8-7-12(9-17(16)30-2)19-18(20(25)31-3)15(23-21(26)24-19)11-32(27,28)14-6-4-5-13(22)10-14/h4-10,19H,11H2,1-3H3,(H2,23,24,26)/t19-/m0/s1. The van der Waals surface area contributed by atoms with Crippen LogP contribution in [0.4, 0.5) is 4.79 Å². The molecule has 0 unspecified atom stereocenters. The number of urea groups is 1. The fourth-order valence-corrected chi connectivity index (χ4v) is 4.92. The van der Waals surface area contributed by atoms with Crippen LogP contribution in [0.1, 0.15) is 11.6 Å². The molecule has 1 aliphatic heterocycles. The average Bonchev–Trinajstić information content (AvgIpc) is 2.77. The topological polar surface area (TPSA) is 120 Å². The van der Waals surface area contributed by atoms with Gasteiger partial charge in [-0.15, -0.1) is 0 Å². The van der Waals surface area contributed by atoms with Crippen LogP contribution < -0.4 is 20.1 Å². The minimum absolute atomic E-state index is 0.0443. The number of rotatable bonds is 7. The van der Waals surface area contributed by atoms with E-state index < -0.39 is 33.6 Å². The third-order valence-electron chi connectivity index (χ3n) is 4.79. The second-order valence-corrected chi connectivity index (χ2v) is 9.17. The number of hydrogen-bond acceptors (Lipinski definition) is 7. The molecular formula is C21H21ClN2O7S. The summed E-state index contributed by atoms with van der Waals surface area (Å²) in [6, 6.07) is 8.88. The molecule has 0 bridgehead atoms. The van der Waals surface area contributed by atoms with E-state index in [-0.39, 0.29) is 21.2 Å². The molecule has 0 radical (unpaired) electrons. The zero-order valence-electron chi connectivity index (χ0n) is 17.5. The van der Waals surface area contributed by atoms with E-state index >= 15 is 0 Å². The summed E-state index contributed by atoms with van der Waals surface area (Å²) in [5.74, 6) is -0.623. The van der Waals surface area contributed by atoms with Crippen LogP contribution in [0, 0.1) is 0 Å². The number of hydrogen-bond donors (Lipinski definition) is 2. The van der Waals surface area contributed by atoms with Crippen molar-refractivity contribution < 1.29 is 32.2 Å². The molecule has 0 spiro atoms. The monoisotopic (exact) mass is 480 g/mol. The summed E-state index contributed by atoms with van der Waals surface area (Å²) in [5.41, 5.74) is 0.320. The van der Waals surface area contributed by atoms with Crippen molar-refractivity contribution in [2.75, 3.05) is 27.1 Å². The van der Waals surface area contributed by atoms with Gasteiger partial charge in [-0.1, -0.05) is 23.7 Å². The van der Waals surface area contributed by atoms with E-state index in [2.05, 4.69) is 10.6 Å². The lowest BCUT2D eigenvalue weighted by Gasteiger charge is -2.29. The Morgan fingerprint density at radius 2 is 1.78 bits per heavy atom. The summed E-state index contributed by atoms with van der Waals surface area (Å²) in [7, 11) is 0.142. The van der Waals surface area contributed by atoms with Crippen molar-refractivity contribution in [2.45, 2.75) is 10.9 Å². The molecule has 9 nitrogen and oxygen atoms in total. The first kappa shape index (κ1) is 23.4. The molecule has 2 N–H and O–H groups in total. The number of ether oxygens (including phenoxy) is 3. The molecule has 0 aromatic heterocycles. The first-order valence-corrected chi connectivity index (χ1v) is 11.3. The van der Waals surface area contributed by atoms with Crippen LogP contribution in [0.15, 0.2) is 58.6 Å². The van der Waals surface area contributed by atoms with Crippen LogP contribution in [0.3, 0.4) is 0 Å². The first-order valence-electron chi connectivity index (χ1n) is 9.29. The van der Waals surface area contributed by atoms with Gasteiger partial charge in [0.25, 0.3) is 0 Å². The van der Waals surface area contributed by atoms with E-state index in [9.17, 15) is 18.0 Å². The number of sulfone groups is 1. The molecule has 1 aliphatic rings. The highest BCUT2D eigenvalue weighted by molar-refractivity contribution is 7.91. The van der Waals surface area contributed by atoms with Gasteiger partial charge in [-0.3, -0.25) is 0 Å². The minimum Gasteiger partial charge on any atom is -0.493 e. The number of halogens is 1. The van der Waals surface area contributed by atoms with E-state index in [0.29, 0.717) is 17.1 Å². The molecular weight excluding hydrogens is 460 g/mol. The largest absolute Gasteiger partial charge is 0.493 e. The van der Waals surface area contributed by atoms with Gasteiger partial charge >= 0.3 is 12.0 Å². The lowest BCUT2D eigenvalue weighted by atomic mass is 9.95. The number of nitrogens with one attached hydrogen (secondary N) is 2. The number of methoxy groups -OCH3 is 3. The molecule has 2 aromatic carbocycles. The lowest BCUT2D eigenvalue weighted by Crippen LogP contribution is -2.47. The highest BCUT2D eigenvalue weighted by atomic mass is 35.5. The molecule has 170 valence electrons. The van der Waals surface area contributed by atoms with E-state index in [1.54, 1.807) is 24.3 Å². The normalized spacial score (nSPS) is 16.1. The highest BCUT2D eigenvalue weighted by Crippen LogP contribution is 2.35. The second-order valence-electron chi connectivity index (χ2n) is 6.75. The summed E-state index contributed by atoms with van der Waals surface area (Å²) in [5, 5.41) is 5.31. The summed E-state index contributed by atoms with van der Waals surface area (Å²) in [6.07, 6.45) is 0. The van der Waals surface area contributed by atoms with Crippen molar-refractivity contribution in [3.63, 3.8) is 0 Å². The van der Waals surface area contributed by atoms with Crippen LogP contribution in [-0.4, -0.2) is 47.5 Å². The molecule has 1 atom stereocenters. The Balaban J connectivity index is 2.12. The quantitative estimate of drug-likeness (QED) is 0.584. The Kier molecular flexibility index (Phi) is 6.95. The Hall–Kier alpha value is -3.24. The lowest BCUT2D eigenvalue weighted by molar-refractivity contribution is -0.136. The number of benzene rings is 2. The van der Waals surface area contributed by atoms with Crippen LogP contribution in [0.5, 0.6) is 11.5 Å². The summed E-state index contributed by atoms with van der Waals surface area (Å²) >= 11 is 5.92. The van der Waals surface area contributed by atoms with Crippen molar-refractivity contribution in [3.05, 3.63) is 64.3 Å². The maximum atomic E-state index is 13.0. The van der Waals surface area contributed by atoms with Crippen molar-refractivity contribution in [2.24, 2.45) is 0 Å². The Bertz CT molecular complexity index is 1190. The second kappa shape index (κ2) is 9.49. The molecule has 1 heterocycles. The Labute approximate surface area is 190 Å². The zero-order valence-corrected chi connectivity index (χ0v) is 19.0. The fourth-order valence-electron chi connectivity index (χ4n) is 3.30. The third kappa shape index (κ3) is 4.81. The molecule has 0 saturated carbocycles. The minimum atomic E-state index is -3.95. The van der Waals surface area contributed by atoms with E-state index in [0.717, 1.165) is 0 Å². The van der Waals surface area contributed by atoms with Gasteiger partial charge in [-0.2, -0.15) is 0 Å². The molecule has 2 amide bonds. The third-order valence-corrected chi connectivity index (χ3v) is 6.67. The molecule has 0 aliphatic carbocycles. The molecule has 2 aromatic rings. The van der Waals surface area contributed by atoms with Gasteiger partial charge in [0.2, 0.25) is 0 Å². The van der Waals surface area contributed by atoms with Gasteiger partial charge in [0.15, 0.2) is 21.3 Å². The van der Waals surface area contributed by atoms with Gasteiger partial charge in [0, 0.05) is 10.7 Å². The SMILES string of the molecule is COC(=O)C1=C(CS(=O)(=O)c2cccc(Cl)c2)NC(=O)N[C@H]1c1ccc(OC)c(OC)c1. The zero-order chi connectivity index (χ0) is 23.5. The van der Waals surface area contributed by atoms with Gasteiger partial charge < -0.3 is 24.8 Å². The highest BCUT2D eigenvalue weighted by Gasteiger charge is 2.36. The summed E-state index contributed by atoms with van der Waals surface area (Å²) < 4.78 is 41.4. The summed E-state index contributed by atoms with van der Waals surface area (Å²) in [4.78, 5) is 25.0. The van der Waals surface area contributed by atoms with Crippen LogP contribution in [-0.2, 0) is 19.4 Å². The van der Waals surface area contributed by atoms with Gasteiger partial charge in [0.05, 0.1) is 43.6 Å². The van der Waals surface area contributed by atoms with Gasteiger partial charge in [-0.25, -0.2) is 18.0 Å². The number of esters is 1. The van der Waals surface area contributed by atoms with Crippen molar-refractivity contribution in [1.82, 2.24) is 10.6 Å². The van der Waals surface area contributed by atoms with Crippen LogP contribution >= 0.6 is 11.6 Å². The van der Waals surface area contributed by atoms with Crippen molar-refractivity contribution in [1.29, 1.82) is 0 Å². The molecule has 3 rings (SSSR count). The van der Waals surface area contributed by atoms with Gasteiger partial charge in [0.1, 0.15) is 0 Å². The molecule has 11 heteroatoms. The predicted molar refractivity (Wildman–Crippen MR) is 117 cm³/mol. The maximum absolute atomic E-state index is 13.0. The molecule has 0 fully saturated rings. The molecule has 0 saturated heterocycles. The number of amides is 2. The van der Waals surface area contributed by atoms with E-state index in [1.807, 2.05) is 0 Å². The number of carbonyl (C=O) groups is 2. The first-order chi connectivity index (χ1) is 15.2. The smallest absolute Gasteiger partial charge is 0.338 e. The van der Waals surface area contributed by atoms with Gasteiger partial charge in [-0.05, 0) is 35.9 Å². The van der Waals surface area contributed by atoms with E-state index in [4.69, 9.17) is 25.8 Å². The predicted octanol–water partition coefficient (Wildman–Crippen LogP) is 2.61. The maximum Gasteiger partial charge on any atom is 0.338 e. The number of carbonyl (C=O) groups excluding carboxylic acids is 2. The molecule has 32 heavy (non-hydrogen) atoms. The van der Waals surface area contributed by atoms with Crippen molar-refractivity contribution in [3.8, 4) is 11.5 Å². The van der Waals surface area contributed by atoms with Crippen LogP contribution in [0.25, 0.3) is 0 Å². The summed E-state index contributed by atoms with van der Waals surface area (Å²) in [6.45, 7) is 0. The van der Waals surface area contributed by atoms with E-state index in [1.165, 1.54) is 39.5 Å². The Morgan fingerprint density at radius 1 is 1.06 bits per heavy atom. The fraction of sp³-hybridized carbons (Fsp3) is 0.238.